The molecule has 13 heteroatoms. The Labute approximate surface area is 260 Å². The van der Waals surface area contributed by atoms with E-state index >= 15 is 0 Å². The Balaban J connectivity index is 1.69. The Kier molecular flexibility index (Phi) is 9.58. The number of nitrogens with zero attached hydrogens (tertiary/aromatic N) is 3. The van der Waals surface area contributed by atoms with Gasteiger partial charge in [0.05, 0.1) is 40.3 Å². The van der Waals surface area contributed by atoms with Crippen molar-refractivity contribution >= 4 is 37.9 Å². The Morgan fingerprint density at radius 3 is 2.23 bits per heavy atom. The number of alkyl halides is 3. The number of rotatable bonds is 8. The zero-order valence-electron chi connectivity index (χ0n) is 27.6. The maximum absolute atomic E-state index is 14.2. The van der Waals surface area contributed by atoms with Crippen molar-refractivity contribution < 1.29 is 32.0 Å². The second kappa shape index (κ2) is 12.3. The van der Waals surface area contributed by atoms with Crippen LogP contribution in [0.5, 0.6) is 5.88 Å². The van der Waals surface area contributed by atoms with Gasteiger partial charge in [-0.2, -0.15) is 13.2 Å². The smallest absolute Gasteiger partial charge is 0.478 e. The van der Waals surface area contributed by atoms with Crippen LogP contribution in [0, 0.1) is 0 Å². The molecule has 0 radical (unpaired) electrons. The minimum absolute atomic E-state index is 0.156. The SMILES string of the molecule is C[C@@H]1CN(c2ccc(B3OC(C)(C)C(C)(C)O3)cc2NC(=O)c2cnc(OCC[Si](C)(C)C)cc2C(F)(F)F)C[C@H](C)N1C. The number of ether oxygens (including phenoxy) is 1. The van der Waals surface area contributed by atoms with Crippen molar-refractivity contribution in [2.24, 2.45) is 0 Å². The van der Waals surface area contributed by atoms with Crippen molar-refractivity contribution in [3.63, 3.8) is 0 Å². The molecule has 3 heterocycles. The van der Waals surface area contributed by atoms with E-state index in [4.69, 9.17) is 14.0 Å². The molecular formula is C31H46BF3N4O4Si. The predicted octanol–water partition coefficient (Wildman–Crippen LogP) is 5.90. The van der Waals surface area contributed by atoms with E-state index in [1.165, 1.54) is 0 Å². The summed E-state index contributed by atoms with van der Waals surface area (Å²) < 4.78 is 60.8. The van der Waals surface area contributed by atoms with Crippen molar-refractivity contribution in [3.8, 4) is 5.88 Å². The van der Waals surface area contributed by atoms with E-state index in [0.29, 0.717) is 29.9 Å². The summed E-state index contributed by atoms with van der Waals surface area (Å²) in [6.07, 6.45) is -3.85. The zero-order chi connectivity index (χ0) is 32.8. The lowest BCUT2D eigenvalue weighted by Gasteiger charge is -2.44. The van der Waals surface area contributed by atoms with Crippen LogP contribution >= 0.6 is 0 Å². The highest BCUT2D eigenvalue weighted by Crippen LogP contribution is 2.38. The Morgan fingerprint density at radius 2 is 1.68 bits per heavy atom. The summed E-state index contributed by atoms with van der Waals surface area (Å²) in [5, 5.41) is 2.78. The van der Waals surface area contributed by atoms with E-state index in [1.54, 1.807) is 6.07 Å². The molecule has 0 aliphatic carbocycles. The van der Waals surface area contributed by atoms with E-state index in [2.05, 4.69) is 60.6 Å². The van der Waals surface area contributed by atoms with E-state index in [9.17, 15) is 18.0 Å². The van der Waals surface area contributed by atoms with Crippen LogP contribution in [-0.2, 0) is 15.5 Å². The van der Waals surface area contributed by atoms with E-state index in [-0.39, 0.29) is 24.6 Å². The molecular weight excluding hydrogens is 588 g/mol. The number of halogens is 3. The molecule has 4 rings (SSSR count). The summed E-state index contributed by atoms with van der Waals surface area (Å²) in [6, 6.07) is 7.51. The molecule has 1 aromatic carbocycles. The highest BCUT2D eigenvalue weighted by Gasteiger charge is 2.52. The topological polar surface area (TPSA) is 76.2 Å². The van der Waals surface area contributed by atoms with E-state index < -0.39 is 49.6 Å². The first-order chi connectivity index (χ1) is 20.2. The highest BCUT2D eigenvalue weighted by molar-refractivity contribution is 6.76. The molecule has 0 unspecified atom stereocenters. The van der Waals surface area contributed by atoms with Gasteiger partial charge < -0.3 is 24.3 Å². The standard InChI is InChI=1S/C31H46BF3N4O4Si/c1-20-18-39(19-21(2)38(20)7)26-12-11-22(32-42-29(3,4)30(5,6)43-32)15-25(26)37-28(40)23-17-36-27(16-24(23)31(33,34)35)41-13-14-44(8,9)10/h11-12,15-17,20-21H,13-14,18-19H2,1-10H3,(H,37,40)/t20-,21+. The number of nitrogens with one attached hydrogen (secondary N) is 1. The molecule has 0 bridgehead atoms. The molecule has 242 valence electrons. The number of aromatic nitrogens is 1. The van der Waals surface area contributed by atoms with Gasteiger partial charge in [0.2, 0.25) is 5.88 Å². The van der Waals surface area contributed by atoms with Crippen LogP contribution in [0.2, 0.25) is 25.7 Å². The van der Waals surface area contributed by atoms with Crippen LogP contribution in [0.1, 0.15) is 57.5 Å². The fraction of sp³-hybridized carbons (Fsp3) is 0.613. The first-order valence-corrected chi connectivity index (χ1v) is 18.9. The predicted molar refractivity (Wildman–Crippen MR) is 172 cm³/mol. The number of hydrogen-bond donors (Lipinski definition) is 1. The molecule has 2 aliphatic heterocycles. The summed E-state index contributed by atoms with van der Waals surface area (Å²) >= 11 is 0. The number of pyridine rings is 1. The minimum Gasteiger partial charge on any atom is -0.478 e. The second-order valence-corrected chi connectivity index (χ2v) is 19.9. The molecule has 1 amide bonds. The lowest BCUT2D eigenvalue weighted by molar-refractivity contribution is -0.138. The van der Waals surface area contributed by atoms with Crippen molar-refractivity contribution in [1.82, 2.24) is 9.88 Å². The molecule has 44 heavy (non-hydrogen) atoms. The average Bonchev–Trinajstić information content (AvgIpc) is 3.12. The molecule has 2 atom stereocenters. The Hall–Kier alpha value is -2.61. The summed E-state index contributed by atoms with van der Waals surface area (Å²) in [7, 11) is -0.103. The molecule has 8 nitrogen and oxygen atoms in total. The third-order valence-electron chi connectivity index (χ3n) is 9.03. The van der Waals surface area contributed by atoms with Gasteiger partial charge in [-0.15, -0.1) is 0 Å². The van der Waals surface area contributed by atoms with Gasteiger partial charge in [-0.1, -0.05) is 25.7 Å². The highest BCUT2D eigenvalue weighted by atomic mass is 28.3. The molecule has 2 aromatic rings. The second-order valence-electron chi connectivity index (χ2n) is 14.3. The normalized spacial score (nSPS) is 22.3. The van der Waals surface area contributed by atoms with Crippen LogP contribution in [-0.4, -0.2) is 81.0 Å². The fourth-order valence-electron chi connectivity index (χ4n) is 5.24. The lowest BCUT2D eigenvalue weighted by atomic mass is 9.78. The Morgan fingerprint density at radius 1 is 1.09 bits per heavy atom. The summed E-state index contributed by atoms with van der Waals surface area (Å²) in [5.74, 6) is -1.07. The van der Waals surface area contributed by atoms with Crippen molar-refractivity contribution in [2.45, 2.75) is 96.7 Å². The van der Waals surface area contributed by atoms with Gasteiger partial charge in [-0.25, -0.2) is 4.98 Å². The van der Waals surface area contributed by atoms with Crippen LogP contribution < -0.4 is 20.4 Å². The lowest BCUT2D eigenvalue weighted by Crippen LogP contribution is -2.55. The van der Waals surface area contributed by atoms with Gasteiger partial charge in [-0.3, -0.25) is 9.69 Å². The molecule has 2 aliphatic rings. The number of carbonyl (C=O) groups excluding carboxylic acids is 1. The number of likely N-dealkylation sites (N-methyl/N-ethyl adjacent to an activating group) is 1. The maximum atomic E-state index is 14.2. The van der Waals surface area contributed by atoms with Crippen LogP contribution in [0.25, 0.3) is 0 Å². The van der Waals surface area contributed by atoms with Crippen molar-refractivity contribution in [2.75, 3.05) is 37.0 Å². The number of piperazine rings is 1. The summed E-state index contributed by atoms with van der Waals surface area (Å²) in [6.45, 7) is 20.1. The Bertz CT molecular complexity index is 1340. The molecule has 2 fully saturated rings. The maximum Gasteiger partial charge on any atom is 0.494 e. The first-order valence-electron chi connectivity index (χ1n) is 15.2. The number of hydrogen-bond acceptors (Lipinski definition) is 7. The van der Waals surface area contributed by atoms with Gasteiger partial charge in [0, 0.05) is 45.5 Å². The van der Waals surface area contributed by atoms with Gasteiger partial charge in [0.1, 0.15) is 0 Å². The molecule has 1 N–H and O–H groups in total. The van der Waals surface area contributed by atoms with Gasteiger partial charge in [0.25, 0.3) is 5.91 Å². The molecule has 1 aromatic heterocycles. The summed E-state index contributed by atoms with van der Waals surface area (Å²) in [4.78, 5) is 22.1. The molecule has 2 saturated heterocycles. The number of amides is 1. The number of benzene rings is 1. The third kappa shape index (κ3) is 7.60. The first kappa shape index (κ1) is 34.3. The number of anilines is 2. The van der Waals surface area contributed by atoms with E-state index in [0.717, 1.165) is 18.3 Å². The van der Waals surface area contributed by atoms with Gasteiger partial charge >= 0.3 is 13.3 Å². The van der Waals surface area contributed by atoms with Gasteiger partial charge in [0.15, 0.2) is 0 Å². The quantitative estimate of drug-likeness (QED) is 0.363. The van der Waals surface area contributed by atoms with Crippen LogP contribution in [0.4, 0.5) is 24.5 Å². The van der Waals surface area contributed by atoms with Crippen molar-refractivity contribution in [1.29, 1.82) is 0 Å². The van der Waals surface area contributed by atoms with Crippen LogP contribution in [0.15, 0.2) is 30.5 Å². The molecule has 0 spiro atoms. The van der Waals surface area contributed by atoms with Crippen molar-refractivity contribution in [3.05, 3.63) is 41.6 Å². The fourth-order valence-corrected chi connectivity index (χ4v) is 5.95. The monoisotopic (exact) mass is 634 g/mol. The summed E-state index contributed by atoms with van der Waals surface area (Å²) in [5.41, 5.74) is -1.13. The van der Waals surface area contributed by atoms with E-state index in [1.807, 2.05) is 39.8 Å². The third-order valence-corrected chi connectivity index (χ3v) is 10.7. The van der Waals surface area contributed by atoms with Gasteiger partial charge in [-0.05, 0) is 72.2 Å². The van der Waals surface area contributed by atoms with Crippen LogP contribution in [0.3, 0.4) is 0 Å². The minimum atomic E-state index is -4.79. The number of carbonyl (C=O) groups is 1. The largest absolute Gasteiger partial charge is 0.494 e. The molecule has 0 saturated carbocycles. The zero-order valence-corrected chi connectivity index (χ0v) is 28.6. The average molecular weight is 635 g/mol.